The fourth-order valence-electron chi connectivity index (χ4n) is 2.31. The van der Waals surface area contributed by atoms with Crippen LogP contribution in [-0.4, -0.2) is 43.6 Å². The lowest BCUT2D eigenvalue weighted by Crippen LogP contribution is -2.54. The number of carboxylic acids is 1. The second-order valence-electron chi connectivity index (χ2n) is 5.50. The van der Waals surface area contributed by atoms with E-state index in [0.29, 0.717) is 0 Å². The highest BCUT2D eigenvalue weighted by atomic mass is 16.4. The number of fused-ring (bicyclic) bond motifs is 1. The van der Waals surface area contributed by atoms with Gasteiger partial charge in [0, 0.05) is 12.0 Å². The summed E-state index contributed by atoms with van der Waals surface area (Å²) in [5.74, 6) is -0.996. The first-order valence-electron chi connectivity index (χ1n) is 6.31. The Morgan fingerprint density at radius 2 is 2.32 bits per heavy atom. The van der Waals surface area contributed by atoms with Gasteiger partial charge in [-0.25, -0.2) is 14.6 Å². The maximum absolute atomic E-state index is 12.2. The molecular formula is C12H16N4O3. The van der Waals surface area contributed by atoms with Crippen molar-refractivity contribution in [3.8, 4) is 0 Å². The molecule has 1 fully saturated rings. The van der Waals surface area contributed by atoms with Gasteiger partial charge in [-0.3, -0.25) is 0 Å². The van der Waals surface area contributed by atoms with Gasteiger partial charge in [0.1, 0.15) is 6.04 Å². The summed E-state index contributed by atoms with van der Waals surface area (Å²) in [4.78, 5) is 32.0. The number of amides is 2. The van der Waals surface area contributed by atoms with Crippen molar-refractivity contribution in [1.29, 1.82) is 0 Å². The lowest BCUT2D eigenvalue weighted by molar-refractivity contribution is -0.142. The van der Waals surface area contributed by atoms with Crippen LogP contribution in [0, 0.1) is 0 Å². The fraction of sp³-hybridized carbons (Fsp3) is 0.583. The van der Waals surface area contributed by atoms with Gasteiger partial charge in [0.15, 0.2) is 0 Å². The molecular weight excluding hydrogens is 248 g/mol. The summed E-state index contributed by atoms with van der Waals surface area (Å²) in [6.07, 6.45) is 3.67. The minimum Gasteiger partial charge on any atom is -0.480 e. The number of carbonyl (C=O) groups excluding carboxylic acids is 1. The van der Waals surface area contributed by atoms with Crippen LogP contribution in [0.2, 0.25) is 0 Å². The Bertz CT molecular complexity index is 535. The van der Waals surface area contributed by atoms with Gasteiger partial charge in [0.2, 0.25) is 0 Å². The number of aromatic amines is 1. The minimum absolute atomic E-state index is 0.158. The van der Waals surface area contributed by atoms with E-state index in [4.69, 9.17) is 0 Å². The van der Waals surface area contributed by atoms with Crippen molar-refractivity contribution in [2.75, 3.05) is 0 Å². The smallest absolute Gasteiger partial charge is 0.326 e. The van der Waals surface area contributed by atoms with Crippen LogP contribution in [0.25, 0.3) is 0 Å². The molecule has 7 heteroatoms. The maximum Gasteiger partial charge on any atom is 0.326 e. The number of aromatic nitrogens is 2. The van der Waals surface area contributed by atoms with Gasteiger partial charge in [-0.1, -0.05) is 0 Å². The molecule has 2 heterocycles. The Hall–Kier alpha value is -2.05. The normalized spacial score (nSPS) is 23.6. The summed E-state index contributed by atoms with van der Waals surface area (Å²) in [5, 5.41) is 12.2. The molecule has 0 bridgehead atoms. The minimum atomic E-state index is -0.996. The zero-order valence-electron chi connectivity index (χ0n) is 10.6. The average molecular weight is 264 g/mol. The van der Waals surface area contributed by atoms with Crippen molar-refractivity contribution in [1.82, 2.24) is 20.2 Å². The van der Waals surface area contributed by atoms with Crippen molar-refractivity contribution >= 4 is 12.0 Å². The zero-order chi connectivity index (χ0) is 13.6. The van der Waals surface area contributed by atoms with E-state index in [2.05, 4.69) is 15.3 Å². The predicted molar refractivity (Wildman–Crippen MR) is 65.4 cm³/mol. The number of imidazole rings is 1. The number of H-pyrrole nitrogens is 1. The van der Waals surface area contributed by atoms with Crippen LogP contribution in [0.1, 0.15) is 31.2 Å². The Morgan fingerprint density at radius 3 is 2.95 bits per heavy atom. The van der Waals surface area contributed by atoms with Crippen LogP contribution in [0.3, 0.4) is 0 Å². The largest absolute Gasteiger partial charge is 0.480 e. The van der Waals surface area contributed by atoms with Crippen molar-refractivity contribution in [2.45, 2.75) is 44.3 Å². The topological polar surface area (TPSA) is 98.3 Å². The van der Waals surface area contributed by atoms with Crippen LogP contribution >= 0.6 is 0 Å². The molecule has 3 N–H and O–H groups in total. The Labute approximate surface area is 110 Å². The molecule has 19 heavy (non-hydrogen) atoms. The first-order chi connectivity index (χ1) is 8.98. The summed E-state index contributed by atoms with van der Waals surface area (Å²) in [5.41, 5.74) is 1.39. The van der Waals surface area contributed by atoms with Crippen LogP contribution in [0.5, 0.6) is 0 Å². The highest BCUT2D eigenvalue weighted by molar-refractivity contribution is 5.84. The van der Waals surface area contributed by atoms with Gasteiger partial charge in [-0.2, -0.15) is 0 Å². The monoisotopic (exact) mass is 264 g/mol. The first-order valence-corrected chi connectivity index (χ1v) is 6.31. The van der Waals surface area contributed by atoms with E-state index in [9.17, 15) is 14.7 Å². The van der Waals surface area contributed by atoms with Crippen molar-refractivity contribution in [3.63, 3.8) is 0 Å². The van der Waals surface area contributed by atoms with E-state index in [0.717, 1.165) is 24.2 Å². The third kappa shape index (κ3) is 2.16. The Balaban J connectivity index is 1.81. The van der Waals surface area contributed by atoms with E-state index in [1.165, 1.54) is 11.2 Å². The van der Waals surface area contributed by atoms with Gasteiger partial charge in [0.05, 0.1) is 24.3 Å². The molecule has 0 spiro atoms. The maximum atomic E-state index is 12.2. The Kier molecular flexibility index (Phi) is 2.51. The molecule has 1 saturated carbocycles. The van der Waals surface area contributed by atoms with Crippen molar-refractivity contribution in [2.24, 2.45) is 0 Å². The van der Waals surface area contributed by atoms with Crippen molar-refractivity contribution in [3.05, 3.63) is 17.7 Å². The van der Waals surface area contributed by atoms with E-state index in [-0.39, 0.29) is 24.5 Å². The number of carbonyl (C=O) groups is 2. The number of hydrogen-bond acceptors (Lipinski definition) is 3. The summed E-state index contributed by atoms with van der Waals surface area (Å²) in [6.45, 7) is 2.22. The number of aliphatic carboxylic acids is 1. The predicted octanol–water partition coefficient (Wildman–Crippen LogP) is 0.483. The van der Waals surface area contributed by atoms with E-state index in [1.807, 2.05) is 6.92 Å². The quantitative estimate of drug-likeness (QED) is 0.723. The molecule has 1 atom stereocenters. The van der Waals surface area contributed by atoms with E-state index in [1.54, 1.807) is 0 Å². The number of hydrogen-bond donors (Lipinski definition) is 3. The molecule has 1 unspecified atom stereocenters. The number of nitrogens with one attached hydrogen (secondary N) is 2. The molecule has 0 radical (unpaired) electrons. The first kappa shape index (κ1) is 12.0. The number of rotatable bonds is 2. The fourth-order valence-corrected chi connectivity index (χ4v) is 2.31. The number of urea groups is 1. The third-order valence-electron chi connectivity index (χ3n) is 3.85. The van der Waals surface area contributed by atoms with Crippen molar-refractivity contribution < 1.29 is 14.7 Å². The number of nitrogens with zero attached hydrogens (tertiary/aromatic N) is 2. The van der Waals surface area contributed by atoms with Crippen LogP contribution in [-0.2, 0) is 17.8 Å². The third-order valence-corrected chi connectivity index (χ3v) is 3.85. The summed E-state index contributed by atoms with van der Waals surface area (Å²) in [6, 6.07) is -1.16. The van der Waals surface area contributed by atoms with Crippen LogP contribution in [0.15, 0.2) is 6.33 Å². The van der Waals surface area contributed by atoms with Gasteiger partial charge in [-0.05, 0) is 19.8 Å². The summed E-state index contributed by atoms with van der Waals surface area (Å²) in [7, 11) is 0. The summed E-state index contributed by atoms with van der Waals surface area (Å²) >= 11 is 0. The molecule has 0 aromatic carbocycles. The van der Waals surface area contributed by atoms with E-state index >= 15 is 0 Å². The highest BCUT2D eigenvalue weighted by Crippen LogP contribution is 2.35. The molecule has 1 aliphatic carbocycles. The van der Waals surface area contributed by atoms with Crippen LogP contribution < -0.4 is 5.32 Å². The lowest BCUT2D eigenvalue weighted by atomic mass is 10.0. The zero-order valence-corrected chi connectivity index (χ0v) is 10.6. The molecule has 3 rings (SSSR count). The molecule has 2 amide bonds. The molecule has 2 aliphatic rings. The molecule has 7 nitrogen and oxygen atoms in total. The number of carboxylic acid groups (broad SMARTS) is 1. The van der Waals surface area contributed by atoms with Gasteiger partial charge >= 0.3 is 12.0 Å². The molecule has 0 saturated heterocycles. The second-order valence-corrected chi connectivity index (χ2v) is 5.50. The molecule has 1 aliphatic heterocycles. The second kappa shape index (κ2) is 3.97. The Morgan fingerprint density at radius 1 is 1.58 bits per heavy atom. The van der Waals surface area contributed by atoms with Gasteiger partial charge < -0.3 is 20.3 Å². The van der Waals surface area contributed by atoms with E-state index < -0.39 is 12.0 Å². The highest BCUT2D eigenvalue weighted by Gasteiger charge is 2.43. The SMILES string of the molecule is CC1(NC(=O)N2Cc3[nH]cnc3CC2C(=O)O)CC1. The van der Waals surface area contributed by atoms with Gasteiger partial charge in [-0.15, -0.1) is 0 Å². The molecule has 1 aromatic heterocycles. The van der Waals surface area contributed by atoms with Crippen LogP contribution in [0.4, 0.5) is 4.79 Å². The molecule has 102 valence electrons. The lowest BCUT2D eigenvalue weighted by Gasteiger charge is -2.33. The molecule has 1 aromatic rings. The van der Waals surface area contributed by atoms with Gasteiger partial charge in [0.25, 0.3) is 0 Å². The summed E-state index contributed by atoms with van der Waals surface area (Å²) < 4.78 is 0. The average Bonchev–Trinajstić information content (AvgIpc) is 2.91. The standard InChI is InChI=1S/C12H16N4O3/c1-12(2-3-12)15-11(19)16-5-8-7(13-6-14-8)4-9(16)10(17)18/h6,9H,2-5H2,1H3,(H,13,14)(H,15,19)(H,17,18).